The van der Waals surface area contributed by atoms with Crippen LogP contribution in [0, 0.1) is 19.8 Å². The van der Waals surface area contributed by atoms with E-state index in [1.165, 1.54) is 21.1 Å². The summed E-state index contributed by atoms with van der Waals surface area (Å²) in [6.07, 6.45) is 1.46. The molecule has 2 aliphatic heterocycles. The minimum Gasteiger partial charge on any atom is -0.368 e. The molecule has 2 heterocycles. The highest BCUT2D eigenvalue weighted by atomic mass is 32.2. The van der Waals surface area contributed by atoms with Crippen LogP contribution in [0.3, 0.4) is 0 Å². The summed E-state index contributed by atoms with van der Waals surface area (Å²) in [5.41, 5.74) is 3.80. The molecular formula is C24H31N3O3S. The van der Waals surface area contributed by atoms with E-state index < -0.39 is 10.0 Å². The fourth-order valence-electron chi connectivity index (χ4n) is 4.61. The maximum Gasteiger partial charge on any atom is 0.243 e. The summed E-state index contributed by atoms with van der Waals surface area (Å²) in [5.74, 6) is -0.173. The molecule has 7 heteroatoms. The van der Waals surface area contributed by atoms with E-state index in [1.807, 2.05) is 4.90 Å². The van der Waals surface area contributed by atoms with E-state index in [2.05, 4.69) is 36.9 Å². The predicted octanol–water partition coefficient (Wildman–Crippen LogP) is 3.05. The first-order valence-corrected chi connectivity index (χ1v) is 12.5. The predicted molar refractivity (Wildman–Crippen MR) is 123 cm³/mol. The molecule has 1 unspecified atom stereocenters. The van der Waals surface area contributed by atoms with Gasteiger partial charge < -0.3 is 9.80 Å². The van der Waals surface area contributed by atoms with Gasteiger partial charge in [-0.3, -0.25) is 4.79 Å². The van der Waals surface area contributed by atoms with Crippen molar-refractivity contribution in [1.82, 2.24) is 9.21 Å². The fraction of sp³-hybridized carbons (Fsp3) is 0.458. The molecule has 166 valence electrons. The van der Waals surface area contributed by atoms with Crippen LogP contribution in [0.1, 0.15) is 24.0 Å². The van der Waals surface area contributed by atoms with Crippen molar-refractivity contribution in [1.29, 1.82) is 0 Å². The summed E-state index contributed by atoms with van der Waals surface area (Å²) in [6.45, 7) is 7.96. The zero-order valence-corrected chi connectivity index (χ0v) is 19.1. The van der Waals surface area contributed by atoms with Crippen LogP contribution in [0.5, 0.6) is 0 Å². The van der Waals surface area contributed by atoms with Gasteiger partial charge in [0.1, 0.15) is 0 Å². The highest BCUT2D eigenvalue weighted by molar-refractivity contribution is 7.89. The monoisotopic (exact) mass is 441 g/mol. The Hall–Kier alpha value is -2.38. The minimum absolute atomic E-state index is 0.0913. The van der Waals surface area contributed by atoms with Gasteiger partial charge in [-0.2, -0.15) is 4.31 Å². The number of piperazine rings is 1. The maximum absolute atomic E-state index is 13.2. The largest absolute Gasteiger partial charge is 0.368 e. The number of nitrogens with zero attached hydrogens (tertiary/aromatic N) is 3. The molecule has 2 aromatic carbocycles. The molecule has 2 aromatic rings. The Morgan fingerprint density at radius 2 is 1.61 bits per heavy atom. The first kappa shape index (κ1) is 21.8. The number of sulfonamides is 1. The van der Waals surface area contributed by atoms with E-state index in [9.17, 15) is 13.2 Å². The smallest absolute Gasteiger partial charge is 0.243 e. The molecule has 0 N–H and O–H groups in total. The minimum atomic E-state index is -3.56. The van der Waals surface area contributed by atoms with E-state index in [1.54, 1.807) is 30.3 Å². The number of aryl methyl sites for hydroxylation is 1. The molecule has 0 spiro atoms. The fourth-order valence-corrected chi connectivity index (χ4v) is 6.15. The average molecular weight is 442 g/mol. The van der Waals surface area contributed by atoms with Crippen molar-refractivity contribution in [3.05, 3.63) is 59.7 Å². The summed E-state index contributed by atoms with van der Waals surface area (Å²) in [5, 5.41) is 0. The third-order valence-electron chi connectivity index (χ3n) is 6.62. The number of hydrogen-bond donors (Lipinski definition) is 0. The summed E-state index contributed by atoms with van der Waals surface area (Å²) in [4.78, 5) is 17.8. The first-order valence-electron chi connectivity index (χ1n) is 11.0. The van der Waals surface area contributed by atoms with Gasteiger partial charge in [-0.05, 0) is 56.0 Å². The van der Waals surface area contributed by atoms with Gasteiger partial charge in [-0.25, -0.2) is 8.42 Å². The van der Waals surface area contributed by atoms with Gasteiger partial charge in [0.05, 0.1) is 10.8 Å². The molecule has 4 rings (SSSR count). The topological polar surface area (TPSA) is 60.9 Å². The second-order valence-corrected chi connectivity index (χ2v) is 10.5. The number of carbonyl (C=O) groups is 1. The number of hydrogen-bond acceptors (Lipinski definition) is 4. The summed E-state index contributed by atoms with van der Waals surface area (Å²) in [7, 11) is -3.56. The van der Waals surface area contributed by atoms with E-state index in [0.29, 0.717) is 31.0 Å². The van der Waals surface area contributed by atoms with Crippen LogP contribution in [0.2, 0.25) is 0 Å². The Kier molecular flexibility index (Phi) is 6.34. The van der Waals surface area contributed by atoms with Gasteiger partial charge in [0.2, 0.25) is 15.9 Å². The van der Waals surface area contributed by atoms with Crippen LogP contribution in [0.25, 0.3) is 0 Å². The molecule has 31 heavy (non-hydrogen) atoms. The molecular weight excluding hydrogens is 410 g/mol. The Morgan fingerprint density at radius 1 is 0.903 bits per heavy atom. The van der Waals surface area contributed by atoms with E-state index in [0.717, 1.165) is 19.5 Å². The number of rotatable bonds is 4. The van der Waals surface area contributed by atoms with Crippen LogP contribution in [-0.2, 0) is 14.8 Å². The van der Waals surface area contributed by atoms with E-state index >= 15 is 0 Å². The third-order valence-corrected chi connectivity index (χ3v) is 8.50. The van der Waals surface area contributed by atoms with Crippen molar-refractivity contribution in [2.75, 3.05) is 44.2 Å². The van der Waals surface area contributed by atoms with Crippen molar-refractivity contribution >= 4 is 21.6 Å². The molecule has 2 aliphatic rings. The van der Waals surface area contributed by atoms with Gasteiger partial charge in [0.25, 0.3) is 0 Å². The second-order valence-electron chi connectivity index (χ2n) is 8.55. The Bertz CT molecular complexity index is 1030. The zero-order valence-electron chi connectivity index (χ0n) is 18.3. The number of benzene rings is 2. The molecule has 6 nitrogen and oxygen atoms in total. The Morgan fingerprint density at radius 3 is 2.32 bits per heavy atom. The lowest BCUT2D eigenvalue weighted by Gasteiger charge is -2.40. The van der Waals surface area contributed by atoms with Gasteiger partial charge in [-0.1, -0.05) is 30.3 Å². The molecule has 2 fully saturated rings. The van der Waals surface area contributed by atoms with Crippen LogP contribution in [0.4, 0.5) is 5.69 Å². The number of anilines is 1. The number of amides is 1. The van der Waals surface area contributed by atoms with Gasteiger partial charge in [-0.15, -0.1) is 0 Å². The molecule has 2 saturated heterocycles. The normalized spacial score (nSPS) is 20.6. The molecule has 0 radical (unpaired) electrons. The summed E-state index contributed by atoms with van der Waals surface area (Å²) >= 11 is 0. The number of piperidine rings is 1. The lowest BCUT2D eigenvalue weighted by Crippen LogP contribution is -2.53. The molecule has 0 saturated carbocycles. The van der Waals surface area contributed by atoms with Gasteiger partial charge in [0, 0.05) is 45.0 Å². The van der Waals surface area contributed by atoms with Crippen LogP contribution in [-0.4, -0.2) is 62.8 Å². The zero-order chi connectivity index (χ0) is 22.0. The third kappa shape index (κ3) is 4.48. The van der Waals surface area contributed by atoms with E-state index in [4.69, 9.17) is 0 Å². The maximum atomic E-state index is 13.2. The van der Waals surface area contributed by atoms with Crippen LogP contribution >= 0.6 is 0 Å². The average Bonchev–Trinajstić information content (AvgIpc) is 2.81. The highest BCUT2D eigenvalue weighted by Gasteiger charge is 2.35. The molecule has 1 amide bonds. The van der Waals surface area contributed by atoms with Crippen LogP contribution < -0.4 is 4.90 Å². The van der Waals surface area contributed by atoms with Gasteiger partial charge in [0.15, 0.2) is 0 Å². The Labute approximate surface area is 185 Å². The van der Waals surface area contributed by atoms with Gasteiger partial charge >= 0.3 is 0 Å². The lowest BCUT2D eigenvalue weighted by molar-refractivity contribution is -0.137. The second kappa shape index (κ2) is 9.01. The van der Waals surface area contributed by atoms with Crippen LogP contribution in [0.15, 0.2) is 53.4 Å². The van der Waals surface area contributed by atoms with Crippen molar-refractivity contribution in [3.63, 3.8) is 0 Å². The first-order chi connectivity index (χ1) is 14.9. The SMILES string of the molecule is Cc1cccc(N2CCN(C(=O)C3CCCN(S(=O)(=O)c4ccccc4)C3)CC2)c1C. The molecule has 1 atom stereocenters. The molecule has 0 aliphatic carbocycles. The number of carbonyl (C=O) groups excluding carboxylic acids is 1. The highest BCUT2D eigenvalue weighted by Crippen LogP contribution is 2.27. The quantitative estimate of drug-likeness (QED) is 0.732. The Balaban J connectivity index is 1.39. The standard InChI is InChI=1S/C24H31N3O3S/c1-19-8-6-12-23(20(19)2)25-14-16-26(17-15-25)24(28)21-9-7-13-27(18-21)31(29,30)22-10-4-3-5-11-22/h3-6,8,10-12,21H,7,9,13-18H2,1-2H3. The molecule has 0 bridgehead atoms. The molecule has 0 aromatic heterocycles. The van der Waals surface area contributed by atoms with Crippen molar-refractivity contribution in [3.8, 4) is 0 Å². The summed E-state index contributed by atoms with van der Waals surface area (Å²) in [6, 6.07) is 14.9. The summed E-state index contributed by atoms with van der Waals surface area (Å²) < 4.78 is 27.5. The van der Waals surface area contributed by atoms with Crippen molar-refractivity contribution < 1.29 is 13.2 Å². The lowest BCUT2D eigenvalue weighted by atomic mass is 9.97. The van der Waals surface area contributed by atoms with Crippen molar-refractivity contribution in [2.24, 2.45) is 5.92 Å². The van der Waals surface area contributed by atoms with E-state index in [-0.39, 0.29) is 18.4 Å². The van der Waals surface area contributed by atoms with Crippen molar-refractivity contribution in [2.45, 2.75) is 31.6 Å².